The molecule has 6 nitrogen and oxygen atoms in total. The minimum Gasteiger partial charge on any atom is -0.349 e. The topological polar surface area (TPSA) is 78.1 Å². The van der Waals surface area contributed by atoms with Gasteiger partial charge in [-0.05, 0) is 30.9 Å². The summed E-state index contributed by atoms with van der Waals surface area (Å²) in [6, 6.07) is 2.51. The van der Waals surface area contributed by atoms with E-state index in [1.165, 1.54) is 18.5 Å². The zero-order chi connectivity index (χ0) is 18.0. The number of nitrogens with one attached hydrogen (secondary N) is 2. The van der Waals surface area contributed by atoms with E-state index in [0.29, 0.717) is 49.3 Å². The van der Waals surface area contributed by atoms with E-state index in [0.717, 1.165) is 0 Å². The van der Waals surface area contributed by atoms with E-state index < -0.39 is 5.82 Å². The highest BCUT2D eigenvalue weighted by molar-refractivity contribution is 6.04. The molecule has 1 fully saturated rings. The van der Waals surface area contributed by atoms with Crippen molar-refractivity contribution >= 4 is 22.8 Å². The van der Waals surface area contributed by atoms with Gasteiger partial charge < -0.3 is 15.2 Å². The van der Waals surface area contributed by atoms with Gasteiger partial charge >= 0.3 is 0 Å². The minimum absolute atomic E-state index is 0.0205. The Balaban J connectivity index is 1.61. The maximum atomic E-state index is 13.7. The number of aromatic nitrogens is 2. The molecular formula is C18H23FN4O2. The number of carbonyl (C=O) groups excluding carboxylic acids is 2. The lowest BCUT2D eigenvalue weighted by Gasteiger charge is -2.32. The summed E-state index contributed by atoms with van der Waals surface area (Å²) in [6.45, 7) is 5.33. The molecule has 1 aromatic heterocycles. The van der Waals surface area contributed by atoms with Gasteiger partial charge in [-0.15, -0.1) is 0 Å². The molecule has 0 aliphatic carbocycles. The quantitative estimate of drug-likeness (QED) is 0.893. The Morgan fingerprint density at radius 2 is 2.08 bits per heavy atom. The summed E-state index contributed by atoms with van der Waals surface area (Å²) in [7, 11) is 0. The van der Waals surface area contributed by atoms with Gasteiger partial charge in [0.2, 0.25) is 5.91 Å². The van der Waals surface area contributed by atoms with Crippen LogP contribution in [0.25, 0.3) is 11.0 Å². The molecule has 7 heteroatoms. The SMILES string of the molecule is CC(C)CC(=O)N1CCC(NC(=O)c2cc(F)cc3[nH]cnc23)CC1. The molecule has 2 N–H and O–H groups in total. The van der Waals surface area contributed by atoms with Gasteiger partial charge in [0.25, 0.3) is 5.91 Å². The van der Waals surface area contributed by atoms with Crippen LogP contribution in [-0.2, 0) is 4.79 Å². The van der Waals surface area contributed by atoms with Crippen LogP contribution in [0.3, 0.4) is 0 Å². The summed E-state index contributed by atoms with van der Waals surface area (Å²) in [6.07, 6.45) is 3.40. The monoisotopic (exact) mass is 346 g/mol. The molecule has 0 bridgehead atoms. The van der Waals surface area contributed by atoms with Gasteiger partial charge in [0, 0.05) is 25.6 Å². The third-order valence-corrected chi connectivity index (χ3v) is 4.50. The van der Waals surface area contributed by atoms with E-state index in [1.54, 1.807) is 0 Å². The Morgan fingerprint density at radius 1 is 1.36 bits per heavy atom. The van der Waals surface area contributed by atoms with E-state index in [4.69, 9.17) is 0 Å². The van der Waals surface area contributed by atoms with Gasteiger partial charge in [0.05, 0.1) is 17.4 Å². The van der Waals surface area contributed by atoms with Crippen LogP contribution in [-0.4, -0.2) is 45.8 Å². The molecule has 2 aromatic rings. The predicted octanol–water partition coefficient (Wildman–Crippen LogP) is 2.47. The molecule has 1 saturated heterocycles. The van der Waals surface area contributed by atoms with Crippen LogP contribution >= 0.6 is 0 Å². The lowest BCUT2D eigenvalue weighted by atomic mass is 10.0. The summed E-state index contributed by atoms with van der Waals surface area (Å²) in [5.74, 6) is -0.295. The highest BCUT2D eigenvalue weighted by Gasteiger charge is 2.25. The maximum Gasteiger partial charge on any atom is 0.253 e. The second-order valence-electron chi connectivity index (χ2n) is 6.98. The van der Waals surface area contributed by atoms with Crippen molar-refractivity contribution < 1.29 is 14.0 Å². The molecule has 134 valence electrons. The number of hydrogen-bond acceptors (Lipinski definition) is 3. The first-order chi connectivity index (χ1) is 11.9. The molecule has 3 rings (SSSR count). The molecule has 1 aliphatic heterocycles. The molecule has 25 heavy (non-hydrogen) atoms. The molecule has 0 saturated carbocycles. The zero-order valence-electron chi connectivity index (χ0n) is 14.5. The van der Waals surface area contributed by atoms with Gasteiger partial charge in [-0.25, -0.2) is 9.37 Å². The van der Waals surface area contributed by atoms with Crippen LogP contribution in [0.5, 0.6) is 0 Å². The van der Waals surface area contributed by atoms with Gasteiger partial charge in [-0.3, -0.25) is 9.59 Å². The van der Waals surface area contributed by atoms with Gasteiger partial charge in [0.1, 0.15) is 11.3 Å². The summed E-state index contributed by atoms with van der Waals surface area (Å²) in [5.41, 5.74) is 1.19. The molecule has 0 unspecified atom stereocenters. The van der Waals surface area contributed by atoms with E-state index in [9.17, 15) is 14.0 Å². The number of nitrogens with zero attached hydrogens (tertiary/aromatic N) is 2. The molecule has 1 aliphatic rings. The van der Waals surface area contributed by atoms with Crippen LogP contribution in [0.15, 0.2) is 18.5 Å². The first-order valence-corrected chi connectivity index (χ1v) is 8.65. The number of hydrogen-bond donors (Lipinski definition) is 2. The third kappa shape index (κ3) is 3.97. The molecule has 1 aromatic carbocycles. The Labute approximate surface area is 145 Å². The van der Waals surface area contributed by atoms with Crippen LogP contribution in [0.1, 0.15) is 43.5 Å². The average molecular weight is 346 g/mol. The van der Waals surface area contributed by atoms with Crippen LogP contribution in [0, 0.1) is 11.7 Å². The first kappa shape index (κ1) is 17.4. The number of piperidine rings is 1. The fourth-order valence-electron chi connectivity index (χ4n) is 3.20. The summed E-state index contributed by atoms with van der Waals surface area (Å²) in [5, 5.41) is 2.95. The predicted molar refractivity (Wildman–Crippen MR) is 92.6 cm³/mol. The van der Waals surface area contributed by atoms with E-state index in [-0.39, 0.29) is 23.4 Å². The molecule has 2 amide bonds. The number of fused-ring (bicyclic) bond motifs is 1. The van der Waals surface area contributed by atoms with E-state index >= 15 is 0 Å². The highest BCUT2D eigenvalue weighted by Crippen LogP contribution is 2.19. The molecule has 0 spiro atoms. The smallest absolute Gasteiger partial charge is 0.253 e. The number of amides is 2. The molecule has 0 atom stereocenters. The third-order valence-electron chi connectivity index (χ3n) is 4.50. The van der Waals surface area contributed by atoms with Crippen molar-refractivity contribution in [2.24, 2.45) is 5.92 Å². The Bertz CT molecular complexity index is 778. The first-order valence-electron chi connectivity index (χ1n) is 8.65. The van der Waals surface area contributed by atoms with E-state index in [2.05, 4.69) is 15.3 Å². The fraction of sp³-hybridized carbons (Fsp3) is 0.500. The Hall–Kier alpha value is -2.44. The normalized spacial score (nSPS) is 15.8. The lowest BCUT2D eigenvalue weighted by Crippen LogP contribution is -2.46. The van der Waals surface area contributed by atoms with Crippen molar-refractivity contribution in [3.8, 4) is 0 Å². The standard InChI is InChI=1S/C18H23FN4O2/c1-11(2)7-16(24)23-5-3-13(4-6-23)22-18(25)14-8-12(19)9-15-17(14)21-10-20-15/h8-11,13H,3-7H2,1-2H3,(H,20,21)(H,22,25). The van der Waals surface area contributed by atoms with Crippen molar-refractivity contribution in [2.75, 3.05) is 13.1 Å². The molecule has 2 heterocycles. The van der Waals surface area contributed by atoms with Crippen molar-refractivity contribution in [1.82, 2.24) is 20.2 Å². The number of carbonyl (C=O) groups is 2. The zero-order valence-corrected chi connectivity index (χ0v) is 14.5. The van der Waals surface area contributed by atoms with Crippen LogP contribution in [0.2, 0.25) is 0 Å². The van der Waals surface area contributed by atoms with Crippen molar-refractivity contribution in [3.05, 3.63) is 29.8 Å². The van der Waals surface area contributed by atoms with Gasteiger partial charge in [0.15, 0.2) is 0 Å². The van der Waals surface area contributed by atoms with Crippen molar-refractivity contribution in [3.63, 3.8) is 0 Å². The summed E-state index contributed by atoms with van der Waals surface area (Å²) < 4.78 is 13.7. The fourth-order valence-corrected chi connectivity index (χ4v) is 3.20. The van der Waals surface area contributed by atoms with E-state index in [1.807, 2.05) is 18.7 Å². The number of H-pyrrole nitrogens is 1. The lowest BCUT2D eigenvalue weighted by molar-refractivity contribution is -0.133. The largest absolute Gasteiger partial charge is 0.349 e. The molecule has 0 radical (unpaired) electrons. The highest BCUT2D eigenvalue weighted by atomic mass is 19.1. The van der Waals surface area contributed by atoms with Crippen LogP contribution < -0.4 is 5.32 Å². The van der Waals surface area contributed by atoms with Crippen molar-refractivity contribution in [2.45, 2.75) is 39.2 Å². The number of benzene rings is 1. The number of rotatable bonds is 4. The minimum atomic E-state index is -0.476. The summed E-state index contributed by atoms with van der Waals surface area (Å²) >= 11 is 0. The number of imidazole rings is 1. The van der Waals surface area contributed by atoms with Crippen LogP contribution in [0.4, 0.5) is 4.39 Å². The van der Waals surface area contributed by atoms with Gasteiger partial charge in [-0.2, -0.15) is 0 Å². The van der Waals surface area contributed by atoms with Crippen molar-refractivity contribution in [1.29, 1.82) is 0 Å². The number of aromatic amines is 1. The second kappa shape index (κ2) is 7.21. The van der Waals surface area contributed by atoms with Gasteiger partial charge in [-0.1, -0.05) is 13.8 Å². The summed E-state index contributed by atoms with van der Waals surface area (Å²) in [4.78, 5) is 33.4. The number of likely N-dealkylation sites (tertiary alicyclic amines) is 1. The molecular weight excluding hydrogens is 323 g/mol. The average Bonchev–Trinajstić information content (AvgIpc) is 3.02. The second-order valence-corrected chi connectivity index (χ2v) is 6.98. The Morgan fingerprint density at radius 3 is 2.76 bits per heavy atom. The number of halogens is 1. The maximum absolute atomic E-state index is 13.7. The Kier molecular flexibility index (Phi) is 5.01.